The number of imidazole rings is 1. The topological polar surface area (TPSA) is 161 Å². The smallest absolute Gasteiger partial charge is 0.339 e. The quantitative estimate of drug-likeness (QED) is 0.107. The number of hydrogen-bond donors (Lipinski definition) is 1. The fourth-order valence-corrected chi connectivity index (χ4v) is 7.06. The molecule has 6 aromatic rings. The van der Waals surface area contributed by atoms with Gasteiger partial charge in [0, 0.05) is 19.0 Å². The molecule has 0 aliphatic carbocycles. The summed E-state index contributed by atoms with van der Waals surface area (Å²) in [4.78, 5) is 67.0. The first-order chi connectivity index (χ1) is 26.2. The van der Waals surface area contributed by atoms with Crippen LogP contribution in [0.5, 0.6) is 0 Å². The molecule has 16 heteroatoms. The van der Waals surface area contributed by atoms with Crippen LogP contribution in [-0.2, 0) is 18.9 Å². The second-order valence-electron chi connectivity index (χ2n) is 11.7. The number of carbonyl (C=O) groups excluding carboxylic acids is 4. The minimum absolute atomic E-state index is 0.114. The van der Waals surface area contributed by atoms with E-state index in [0.29, 0.717) is 19.0 Å². The fraction of sp³-hybridized carbons (Fsp3) is 0.132. The van der Waals surface area contributed by atoms with E-state index in [1.165, 1.54) is 17.2 Å². The SMILES string of the molecule is O=C(Nc1ncnc2c1ncn2C1OC(COC(=O)c2ccccc2Br)C(OC(=O)c2ccccc2Br)C1OC(=O)c1ccccc1Br)c1ccccc1. The Bertz CT molecular complexity index is 2380. The highest BCUT2D eigenvalue weighted by Gasteiger charge is 2.52. The summed E-state index contributed by atoms with van der Waals surface area (Å²) >= 11 is 10.2. The molecule has 3 heterocycles. The minimum Gasteiger partial charge on any atom is -0.459 e. The number of halogens is 3. The molecule has 0 radical (unpaired) electrons. The molecule has 2 aromatic heterocycles. The number of amides is 1. The number of fused-ring (bicyclic) bond motifs is 1. The lowest BCUT2D eigenvalue weighted by molar-refractivity contribution is -0.0606. The third-order valence-corrected chi connectivity index (χ3v) is 10.4. The number of hydrogen-bond acceptors (Lipinski definition) is 11. The van der Waals surface area contributed by atoms with E-state index in [1.807, 2.05) is 0 Å². The third-order valence-electron chi connectivity index (χ3n) is 8.33. The summed E-state index contributed by atoms with van der Waals surface area (Å²) in [5.41, 5.74) is 1.44. The van der Waals surface area contributed by atoms with Crippen molar-refractivity contribution in [1.82, 2.24) is 19.5 Å². The van der Waals surface area contributed by atoms with Crippen molar-refractivity contribution >= 4 is 88.6 Å². The van der Waals surface area contributed by atoms with Crippen LogP contribution >= 0.6 is 47.8 Å². The maximum absolute atomic E-state index is 13.8. The summed E-state index contributed by atoms with van der Waals surface area (Å²) in [6.07, 6.45) is -2.47. The van der Waals surface area contributed by atoms with Gasteiger partial charge in [0.05, 0.1) is 23.0 Å². The molecule has 272 valence electrons. The van der Waals surface area contributed by atoms with E-state index in [4.69, 9.17) is 18.9 Å². The second-order valence-corrected chi connectivity index (χ2v) is 14.3. The standard InChI is InChI=1S/C38H26Br3N5O8/c39-25-15-7-4-12-22(25)36(48)51-18-28-30(53-37(49)23-13-5-8-16-26(23)40)31(54-38(50)24-14-6-9-17-27(24)41)35(52-28)46-20-44-29-32(42-19-43-33(29)46)45-34(47)21-10-2-1-3-11-21/h1-17,19-20,28,30-31,35H,18H2,(H,42,43,45,47). The Labute approximate surface area is 332 Å². The van der Waals surface area contributed by atoms with Gasteiger partial charge in [0.1, 0.15) is 19.0 Å². The summed E-state index contributed by atoms with van der Waals surface area (Å²) in [7, 11) is 0. The molecule has 0 bridgehead atoms. The lowest BCUT2D eigenvalue weighted by Crippen LogP contribution is -2.41. The summed E-state index contributed by atoms with van der Waals surface area (Å²) in [5.74, 6) is -2.50. The van der Waals surface area contributed by atoms with Crippen molar-refractivity contribution in [1.29, 1.82) is 0 Å². The zero-order chi connectivity index (χ0) is 37.8. The van der Waals surface area contributed by atoms with Crippen molar-refractivity contribution in [2.24, 2.45) is 0 Å². The number of aromatic nitrogens is 4. The van der Waals surface area contributed by atoms with Crippen LogP contribution < -0.4 is 5.32 Å². The highest BCUT2D eigenvalue weighted by Crippen LogP contribution is 2.38. The van der Waals surface area contributed by atoms with E-state index < -0.39 is 55.0 Å². The number of esters is 3. The summed E-state index contributed by atoms with van der Waals surface area (Å²) in [6, 6.07) is 28.6. The van der Waals surface area contributed by atoms with Crippen LogP contribution in [0.1, 0.15) is 47.7 Å². The number of anilines is 1. The molecule has 4 aromatic carbocycles. The maximum Gasteiger partial charge on any atom is 0.339 e. The van der Waals surface area contributed by atoms with Gasteiger partial charge >= 0.3 is 17.9 Å². The normalized spacial score (nSPS) is 17.8. The van der Waals surface area contributed by atoms with E-state index in [-0.39, 0.29) is 33.7 Å². The first kappa shape index (κ1) is 37.0. The number of nitrogens with zero attached hydrogens (tertiary/aromatic N) is 4. The molecule has 0 spiro atoms. The molecule has 1 N–H and O–H groups in total. The molecule has 4 unspecified atom stereocenters. The summed E-state index contributed by atoms with van der Waals surface area (Å²) in [6.45, 7) is -0.409. The molecule has 13 nitrogen and oxygen atoms in total. The zero-order valence-corrected chi connectivity index (χ0v) is 32.4. The first-order valence-corrected chi connectivity index (χ1v) is 18.6. The Balaban J connectivity index is 1.27. The molecule has 0 saturated carbocycles. The van der Waals surface area contributed by atoms with Gasteiger partial charge in [-0.15, -0.1) is 0 Å². The van der Waals surface area contributed by atoms with Gasteiger partial charge in [-0.3, -0.25) is 9.36 Å². The van der Waals surface area contributed by atoms with Gasteiger partial charge in [0.25, 0.3) is 5.91 Å². The van der Waals surface area contributed by atoms with Gasteiger partial charge in [-0.1, -0.05) is 54.6 Å². The largest absolute Gasteiger partial charge is 0.459 e. The highest BCUT2D eigenvalue weighted by atomic mass is 79.9. The van der Waals surface area contributed by atoms with Crippen LogP contribution in [0.3, 0.4) is 0 Å². The van der Waals surface area contributed by atoms with Crippen molar-refractivity contribution in [2.75, 3.05) is 11.9 Å². The number of ether oxygens (including phenoxy) is 4. The van der Waals surface area contributed by atoms with E-state index in [0.717, 1.165) is 0 Å². The van der Waals surface area contributed by atoms with E-state index in [9.17, 15) is 19.2 Å². The van der Waals surface area contributed by atoms with Crippen LogP contribution in [0, 0.1) is 0 Å². The molecule has 1 aliphatic rings. The molecule has 4 atom stereocenters. The van der Waals surface area contributed by atoms with Gasteiger partial charge in [-0.2, -0.15) is 0 Å². The Morgan fingerprint density at radius 1 is 0.667 bits per heavy atom. The Kier molecular flexibility index (Phi) is 11.2. The monoisotopic (exact) mass is 917 g/mol. The predicted octanol–water partition coefficient (Wildman–Crippen LogP) is 7.57. The van der Waals surface area contributed by atoms with Crippen molar-refractivity contribution in [3.63, 3.8) is 0 Å². The Hall–Kier alpha value is -5.29. The molecule has 1 amide bonds. The van der Waals surface area contributed by atoms with Gasteiger partial charge < -0.3 is 24.3 Å². The van der Waals surface area contributed by atoms with Gasteiger partial charge in [-0.05, 0) is 96.3 Å². The lowest BCUT2D eigenvalue weighted by atomic mass is 10.1. The predicted molar refractivity (Wildman–Crippen MR) is 205 cm³/mol. The fourth-order valence-electron chi connectivity index (χ4n) is 5.72. The van der Waals surface area contributed by atoms with Crippen molar-refractivity contribution in [2.45, 2.75) is 24.5 Å². The molecule has 7 rings (SSSR count). The second kappa shape index (κ2) is 16.4. The minimum atomic E-state index is -1.35. The number of rotatable bonds is 10. The van der Waals surface area contributed by atoms with Gasteiger partial charge in [-0.25, -0.2) is 29.3 Å². The number of carbonyl (C=O) groups is 4. The third kappa shape index (κ3) is 7.82. The van der Waals surface area contributed by atoms with Gasteiger partial charge in [0.15, 0.2) is 35.4 Å². The van der Waals surface area contributed by atoms with E-state index in [2.05, 4.69) is 68.1 Å². The van der Waals surface area contributed by atoms with Crippen molar-refractivity contribution < 1.29 is 38.1 Å². The first-order valence-electron chi connectivity index (χ1n) is 16.2. The summed E-state index contributed by atoms with van der Waals surface area (Å²) < 4.78 is 27.3. The number of benzene rings is 4. The summed E-state index contributed by atoms with van der Waals surface area (Å²) in [5, 5.41) is 2.76. The molecule has 1 aliphatic heterocycles. The molecular formula is C38H26Br3N5O8. The van der Waals surface area contributed by atoms with Crippen LogP contribution in [0.15, 0.2) is 129 Å². The molecule has 54 heavy (non-hydrogen) atoms. The Morgan fingerprint density at radius 2 is 1.20 bits per heavy atom. The van der Waals surface area contributed by atoms with E-state index in [1.54, 1.807) is 103 Å². The molecular weight excluding hydrogens is 894 g/mol. The van der Waals surface area contributed by atoms with E-state index >= 15 is 0 Å². The highest BCUT2D eigenvalue weighted by molar-refractivity contribution is 9.11. The maximum atomic E-state index is 13.8. The van der Waals surface area contributed by atoms with Crippen LogP contribution in [0.2, 0.25) is 0 Å². The Morgan fingerprint density at radius 3 is 1.80 bits per heavy atom. The van der Waals surface area contributed by atoms with Crippen LogP contribution in [0.4, 0.5) is 5.82 Å². The molecule has 1 saturated heterocycles. The van der Waals surface area contributed by atoms with Gasteiger partial charge in [0.2, 0.25) is 0 Å². The molecule has 1 fully saturated rings. The zero-order valence-electron chi connectivity index (χ0n) is 27.7. The average Bonchev–Trinajstić information content (AvgIpc) is 3.76. The van der Waals surface area contributed by atoms with Crippen molar-refractivity contribution in [3.8, 4) is 0 Å². The van der Waals surface area contributed by atoms with Crippen LogP contribution in [0.25, 0.3) is 11.2 Å². The lowest BCUT2D eigenvalue weighted by Gasteiger charge is -2.25. The van der Waals surface area contributed by atoms with Crippen molar-refractivity contribution in [3.05, 3.63) is 151 Å². The average molecular weight is 920 g/mol. The number of nitrogens with one attached hydrogen (secondary N) is 1. The van der Waals surface area contributed by atoms with Crippen LogP contribution in [-0.4, -0.2) is 68.3 Å².